The van der Waals surface area contributed by atoms with E-state index in [-0.39, 0.29) is 0 Å². The molecule has 0 bridgehead atoms. The summed E-state index contributed by atoms with van der Waals surface area (Å²) < 4.78 is 0. The Bertz CT molecular complexity index is 366. The minimum absolute atomic E-state index is 0.732. The highest BCUT2D eigenvalue weighted by atomic mass is 15.3. The summed E-state index contributed by atoms with van der Waals surface area (Å²) in [5, 5.41) is 0. The number of hydrogen-bond acceptors (Lipinski definition) is 4. The zero-order valence-corrected chi connectivity index (χ0v) is 12.2. The van der Waals surface area contributed by atoms with E-state index in [9.17, 15) is 0 Å². The SMILES string of the molecule is CC(C)CCCN1CCN(c2ccc(N)cn2)CC1. The van der Waals surface area contributed by atoms with Gasteiger partial charge in [-0.2, -0.15) is 0 Å². The molecule has 1 aliphatic heterocycles. The van der Waals surface area contributed by atoms with Crippen LogP contribution in [0.5, 0.6) is 0 Å². The monoisotopic (exact) mass is 262 g/mol. The summed E-state index contributed by atoms with van der Waals surface area (Å²) in [6.45, 7) is 10.3. The van der Waals surface area contributed by atoms with Crippen LogP contribution in [-0.2, 0) is 0 Å². The third-order valence-electron chi connectivity index (χ3n) is 3.72. The smallest absolute Gasteiger partial charge is 0.128 e. The lowest BCUT2D eigenvalue weighted by Gasteiger charge is -2.35. The van der Waals surface area contributed by atoms with E-state index in [1.807, 2.05) is 12.1 Å². The second-order valence-corrected chi connectivity index (χ2v) is 5.81. The van der Waals surface area contributed by atoms with E-state index in [1.54, 1.807) is 6.20 Å². The first-order valence-corrected chi connectivity index (χ1v) is 7.34. The fourth-order valence-electron chi connectivity index (χ4n) is 2.51. The van der Waals surface area contributed by atoms with Gasteiger partial charge in [-0.1, -0.05) is 13.8 Å². The van der Waals surface area contributed by atoms with Gasteiger partial charge in [-0.3, -0.25) is 4.90 Å². The number of aromatic nitrogens is 1. The van der Waals surface area contributed by atoms with Gasteiger partial charge in [-0.25, -0.2) is 4.98 Å². The first kappa shape index (κ1) is 14.1. The van der Waals surface area contributed by atoms with E-state index in [0.717, 1.165) is 43.6 Å². The van der Waals surface area contributed by atoms with Gasteiger partial charge in [-0.05, 0) is 37.4 Å². The fourth-order valence-corrected chi connectivity index (χ4v) is 2.51. The second kappa shape index (κ2) is 6.75. The topological polar surface area (TPSA) is 45.4 Å². The minimum atomic E-state index is 0.732. The highest BCUT2D eigenvalue weighted by Gasteiger charge is 2.17. The number of nitrogens with zero attached hydrogens (tertiary/aromatic N) is 3. The van der Waals surface area contributed by atoms with Gasteiger partial charge < -0.3 is 10.6 Å². The molecule has 1 aromatic rings. The van der Waals surface area contributed by atoms with E-state index in [4.69, 9.17) is 5.73 Å². The molecule has 19 heavy (non-hydrogen) atoms. The van der Waals surface area contributed by atoms with Crippen molar-refractivity contribution in [1.29, 1.82) is 0 Å². The summed E-state index contributed by atoms with van der Waals surface area (Å²) in [4.78, 5) is 9.31. The average molecular weight is 262 g/mol. The Balaban J connectivity index is 1.74. The summed E-state index contributed by atoms with van der Waals surface area (Å²) >= 11 is 0. The van der Waals surface area contributed by atoms with Crippen LogP contribution in [0, 0.1) is 5.92 Å². The Labute approximate surface area is 116 Å². The van der Waals surface area contributed by atoms with Crippen LogP contribution in [0.15, 0.2) is 18.3 Å². The van der Waals surface area contributed by atoms with Gasteiger partial charge in [0.25, 0.3) is 0 Å². The molecule has 106 valence electrons. The average Bonchev–Trinajstić information content (AvgIpc) is 2.40. The first-order valence-electron chi connectivity index (χ1n) is 7.34. The van der Waals surface area contributed by atoms with Crippen molar-refractivity contribution in [1.82, 2.24) is 9.88 Å². The molecule has 0 spiro atoms. The van der Waals surface area contributed by atoms with Crippen LogP contribution in [-0.4, -0.2) is 42.6 Å². The molecular formula is C15H26N4. The Morgan fingerprint density at radius 1 is 1.21 bits per heavy atom. The number of hydrogen-bond donors (Lipinski definition) is 1. The van der Waals surface area contributed by atoms with Crippen molar-refractivity contribution in [2.24, 2.45) is 5.92 Å². The normalized spacial score (nSPS) is 17.1. The number of nitrogen functional groups attached to an aromatic ring is 1. The highest BCUT2D eigenvalue weighted by molar-refractivity contribution is 5.46. The van der Waals surface area contributed by atoms with Gasteiger partial charge in [0.05, 0.1) is 11.9 Å². The quantitative estimate of drug-likeness (QED) is 0.884. The molecule has 0 atom stereocenters. The Morgan fingerprint density at radius 2 is 1.95 bits per heavy atom. The molecule has 4 heteroatoms. The number of rotatable bonds is 5. The van der Waals surface area contributed by atoms with Crippen molar-refractivity contribution >= 4 is 11.5 Å². The summed E-state index contributed by atoms with van der Waals surface area (Å²) in [5.74, 6) is 1.87. The highest BCUT2D eigenvalue weighted by Crippen LogP contribution is 2.15. The minimum Gasteiger partial charge on any atom is -0.397 e. The Hall–Kier alpha value is -1.29. The third kappa shape index (κ3) is 4.39. The molecule has 2 N–H and O–H groups in total. The molecule has 2 rings (SSSR count). The van der Waals surface area contributed by atoms with Crippen molar-refractivity contribution in [2.75, 3.05) is 43.4 Å². The van der Waals surface area contributed by atoms with E-state index in [1.165, 1.54) is 19.4 Å². The molecule has 0 radical (unpaired) electrons. The molecule has 1 aromatic heterocycles. The van der Waals surface area contributed by atoms with Crippen LogP contribution < -0.4 is 10.6 Å². The molecule has 0 unspecified atom stereocenters. The van der Waals surface area contributed by atoms with Crippen molar-refractivity contribution < 1.29 is 0 Å². The third-order valence-corrected chi connectivity index (χ3v) is 3.72. The van der Waals surface area contributed by atoms with Crippen LogP contribution >= 0.6 is 0 Å². The van der Waals surface area contributed by atoms with E-state index < -0.39 is 0 Å². The van der Waals surface area contributed by atoms with Gasteiger partial charge in [0.2, 0.25) is 0 Å². The molecule has 4 nitrogen and oxygen atoms in total. The second-order valence-electron chi connectivity index (χ2n) is 5.81. The van der Waals surface area contributed by atoms with E-state index >= 15 is 0 Å². The van der Waals surface area contributed by atoms with Crippen LogP contribution in [0.25, 0.3) is 0 Å². The predicted octanol–water partition coefficient (Wildman–Crippen LogP) is 2.22. The van der Waals surface area contributed by atoms with Crippen molar-refractivity contribution in [3.8, 4) is 0 Å². The molecule has 1 aliphatic rings. The van der Waals surface area contributed by atoms with Gasteiger partial charge in [-0.15, -0.1) is 0 Å². The largest absolute Gasteiger partial charge is 0.397 e. The van der Waals surface area contributed by atoms with E-state index in [0.29, 0.717) is 0 Å². The molecule has 0 amide bonds. The Morgan fingerprint density at radius 3 is 2.53 bits per heavy atom. The lowest BCUT2D eigenvalue weighted by atomic mass is 10.1. The summed E-state index contributed by atoms with van der Waals surface area (Å²) in [6, 6.07) is 3.95. The lowest BCUT2D eigenvalue weighted by molar-refractivity contribution is 0.248. The number of anilines is 2. The number of nitrogens with two attached hydrogens (primary N) is 1. The predicted molar refractivity (Wildman–Crippen MR) is 81.4 cm³/mol. The maximum absolute atomic E-state index is 5.67. The summed E-state index contributed by atoms with van der Waals surface area (Å²) in [5.41, 5.74) is 6.40. The van der Waals surface area contributed by atoms with Crippen molar-refractivity contribution in [2.45, 2.75) is 26.7 Å². The van der Waals surface area contributed by atoms with Gasteiger partial charge in [0, 0.05) is 26.2 Å². The molecule has 1 fully saturated rings. The van der Waals surface area contributed by atoms with Crippen LogP contribution in [0.3, 0.4) is 0 Å². The zero-order valence-electron chi connectivity index (χ0n) is 12.2. The van der Waals surface area contributed by atoms with Gasteiger partial charge in [0.1, 0.15) is 5.82 Å². The first-order chi connectivity index (χ1) is 9.15. The lowest BCUT2D eigenvalue weighted by Crippen LogP contribution is -2.46. The van der Waals surface area contributed by atoms with E-state index in [2.05, 4.69) is 28.6 Å². The van der Waals surface area contributed by atoms with Crippen molar-refractivity contribution in [3.05, 3.63) is 18.3 Å². The maximum Gasteiger partial charge on any atom is 0.128 e. The molecule has 0 saturated carbocycles. The van der Waals surface area contributed by atoms with Crippen molar-refractivity contribution in [3.63, 3.8) is 0 Å². The molecule has 0 aliphatic carbocycles. The Kier molecular flexibility index (Phi) is 5.02. The molecule has 2 heterocycles. The summed E-state index contributed by atoms with van der Waals surface area (Å²) in [6.07, 6.45) is 4.39. The van der Waals surface area contributed by atoms with Crippen LogP contribution in [0.2, 0.25) is 0 Å². The standard InChI is InChI=1S/C15H26N4/c1-13(2)4-3-7-18-8-10-19(11-9-18)15-6-5-14(16)12-17-15/h5-6,12-13H,3-4,7-11,16H2,1-2H3. The molecule has 0 aromatic carbocycles. The number of pyridine rings is 1. The molecular weight excluding hydrogens is 236 g/mol. The maximum atomic E-state index is 5.67. The van der Waals surface area contributed by atoms with Crippen LogP contribution in [0.4, 0.5) is 11.5 Å². The fraction of sp³-hybridized carbons (Fsp3) is 0.667. The van der Waals surface area contributed by atoms with Gasteiger partial charge >= 0.3 is 0 Å². The molecule has 1 saturated heterocycles. The van der Waals surface area contributed by atoms with Crippen LogP contribution in [0.1, 0.15) is 26.7 Å². The summed E-state index contributed by atoms with van der Waals surface area (Å²) in [7, 11) is 0. The van der Waals surface area contributed by atoms with Gasteiger partial charge in [0.15, 0.2) is 0 Å². The number of piperazine rings is 1. The zero-order chi connectivity index (χ0) is 13.7.